The molecule has 0 aromatic heterocycles. The van der Waals surface area contributed by atoms with Crippen molar-refractivity contribution in [2.45, 2.75) is 381 Å². The Morgan fingerprint density at radius 1 is 0.322 bits per heavy atom. The first-order chi connectivity index (χ1) is 43.4. The summed E-state index contributed by atoms with van der Waals surface area (Å²) in [5, 5.41) is 10.6. The average Bonchev–Trinajstić information content (AvgIpc) is 3.65. The highest BCUT2D eigenvalue weighted by atomic mass is 31.2. The van der Waals surface area contributed by atoms with Crippen molar-refractivity contribution in [3.63, 3.8) is 0 Å². The number of carbonyl (C=O) groups excluding carboxylic acids is 4. The standard InChI is InChI=1S/C71H138O17P2/c1-7-10-12-14-16-18-20-21-22-23-24-25-31-37-43-49-55-70(75)87-66(59-82-69(74)54-48-42-36-30-27-26-28-34-40-46-52-64(6)9-3)61-85-89(77,78)83-57-65(72)58-84-90(79,80)86-62-67(88-71(76)56-50-44-38-32-33-39-45-51-63(4)5)60-81-68(73)53-47-41-35-29-19-17-15-13-11-8-2/h63-67,72H,7-62H2,1-6H3,(H,77,78)(H,79,80)/t64?,65-,66-,67-/m1/s1. The SMILES string of the molecule is CCCCCCCCCCCCCCCCCCC(=O)O[C@H](COC(=O)CCCCCCCCCCCCC(C)CC)COP(=O)(O)OC[C@@H](O)COP(=O)(O)OC[C@@H](COC(=O)CCCCCCCCCCCC)OC(=O)CCCCCCCCCC(C)C. The molecule has 0 saturated heterocycles. The van der Waals surface area contributed by atoms with Crippen LogP contribution in [0.2, 0.25) is 0 Å². The summed E-state index contributed by atoms with van der Waals surface area (Å²) in [6, 6.07) is 0. The topological polar surface area (TPSA) is 237 Å². The van der Waals surface area contributed by atoms with Crippen molar-refractivity contribution in [1.29, 1.82) is 0 Å². The second-order valence-corrected chi connectivity index (χ2v) is 29.3. The predicted octanol–water partition coefficient (Wildman–Crippen LogP) is 20.4. The Bertz CT molecular complexity index is 1750. The molecule has 0 spiro atoms. The van der Waals surface area contributed by atoms with Crippen molar-refractivity contribution in [3.05, 3.63) is 0 Å². The minimum Gasteiger partial charge on any atom is -0.462 e. The Hall–Kier alpha value is -1.94. The summed E-state index contributed by atoms with van der Waals surface area (Å²) in [5.74, 6) is -0.618. The zero-order valence-electron chi connectivity index (χ0n) is 58.4. The van der Waals surface area contributed by atoms with E-state index in [2.05, 4.69) is 41.5 Å². The molecular weight excluding hydrogens is 1190 g/mol. The van der Waals surface area contributed by atoms with Crippen LogP contribution < -0.4 is 0 Å². The molecule has 0 bridgehead atoms. The highest BCUT2D eigenvalue weighted by Crippen LogP contribution is 2.45. The number of phosphoric ester groups is 2. The van der Waals surface area contributed by atoms with Crippen molar-refractivity contribution < 1.29 is 80.2 Å². The van der Waals surface area contributed by atoms with Crippen LogP contribution >= 0.6 is 15.6 Å². The van der Waals surface area contributed by atoms with Crippen LogP contribution in [0.25, 0.3) is 0 Å². The second kappa shape index (κ2) is 63.1. The fourth-order valence-corrected chi connectivity index (χ4v) is 12.3. The molecule has 0 aromatic carbocycles. The summed E-state index contributed by atoms with van der Waals surface area (Å²) in [5.41, 5.74) is 0. The summed E-state index contributed by atoms with van der Waals surface area (Å²) >= 11 is 0. The lowest BCUT2D eigenvalue weighted by Gasteiger charge is -2.21. The van der Waals surface area contributed by atoms with Gasteiger partial charge in [0.1, 0.15) is 19.3 Å². The van der Waals surface area contributed by atoms with Gasteiger partial charge in [-0.3, -0.25) is 37.3 Å². The van der Waals surface area contributed by atoms with Gasteiger partial charge in [-0.05, 0) is 37.5 Å². The first-order valence-corrected chi connectivity index (χ1v) is 40.0. The van der Waals surface area contributed by atoms with Crippen LogP contribution in [0, 0.1) is 11.8 Å². The maximum absolute atomic E-state index is 13.0. The second-order valence-electron chi connectivity index (χ2n) is 26.3. The highest BCUT2D eigenvalue weighted by molar-refractivity contribution is 7.47. The van der Waals surface area contributed by atoms with Crippen LogP contribution in [0.15, 0.2) is 0 Å². The van der Waals surface area contributed by atoms with Crippen LogP contribution in [-0.2, 0) is 65.4 Å². The van der Waals surface area contributed by atoms with E-state index in [4.69, 9.17) is 37.0 Å². The summed E-state index contributed by atoms with van der Waals surface area (Å²) in [6.45, 7) is 9.52. The molecule has 0 radical (unpaired) electrons. The van der Waals surface area contributed by atoms with E-state index in [1.54, 1.807) is 0 Å². The number of unbranched alkanes of at least 4 members (excludes halogenated alkanes) is 39. The lowest BCUT2D eigenvalue weighted by Crippen LogP contribution is -2.30. The van der Waals surface area contributed by atoms with E-state index >= 15 is 0 Å². The Balaban J connectivity index is 5.24. The van der Waals surface area contributed by atoms with Gasteiger partial charge in [-0.15, -0.1) is 0 Å². The Kier molecular flexibility index (Phi) is 61.8. The third-order valence-corrected chi connectivity index (χ3v) is 18.7. The van der Waals surface area contributed by atoms with Crippen LogP contribution in [0.1, 0.15) is 363 Å². The van der Waals surface area contributed by atoms with Gasteiger partial charge in [-0.25, -0.2) is 9.13 Å². The molecule has 3 unspecified atom stereocenters. The molecule has 0 aliphatic rings. The van der Waals surface area contributed by atoms with Crippen molar-refractivity contribution in [2.75, 3.05) is 39.6 Å². The molecule has 17 nitrogen and oxygen atoms in total. The molecule has 0 amide bonds. The maximum atomic E-state index is 13.0. The molecule has 0 saturated carbocycles. The summed E-state index contributed by atoms with van der Waals surface area (Å²) in [7, 11) is -9.90. The molecule has 534 valence electrons. The molecule has 0 aliphatic carbocycles. The number of ether oxygens (including phenoxy) is 4. The van der Waals surface area contributed by atoms with E-state index < -0.39 is 97.5 Å². The average molecular weight is 1330 g/mol. The number of carbonyl (C=O) groups is 4. The predicted molar refractivity (Wildman–Crippen MR) is 363 cm³/mol. The van der Waals surface area contributed by atoms with E-state index in [0.29, 0.717) is 31.6 Å². The van der Waals surface area contributed by atoms with Gasteiger partial charge in [0, 0.05) is 25.7 Å². The van der Waals surface area contributed by atoms with Gasteiger partial charge in [0.2, 0.25) is 0 Å². The first-order valence-electron chi connectivity index (χ1n) is 37.0. The van der Waals surface area contributed by atoms with Crippen LogP contribution in [0.3, 0.4) is 0 Å². The molecule has 19 heteroatoms. The number of rotatable bonds is 70. The first kappa shape index (κ1) is 88.1. The number of phosphoric acid groups is 2. The fourth-order valence-electron chi connectivity index (χ4n) is 10.7. The summed E-state index contributed by atoms with van der Waals surface area (Å²) in [4.78, 5) is 72.5. The molecule has 0 fully saturated rings. The molecular formula is C71H138O17P2. The zero-order chi connectivity index (χ0) is 66.5. The van der Waals surface area contributed by atoms with E-state index in [1.165, 1.54) is 180 Å². The molecule has 0 aliphatic heterocycles. The van der Waals surface area contributed by atoms with Crippen molar-refractivity contribution in [2.24, 2.45) is 11.8 Å². The van der Waals surface area contributed by atoms with E-state index in [9.17, 15) is 43.2 Å². The minimum atomic E-state index is -4.95. The van der Waals surface area contributed by atoms with Gasteiger partial charge in [0.15, 0.2) is 12.2 Å². The van der Waals surface area contributed by atoms with Crippen LogP contribution in [0.4, 0.5) is 0 Å². The van der Waals surface area contributed by atoms with Gasteiger partial charge in [-0.2, -0.15) is 0 Å². The van der Waals surface area contributed by atoms with Crippen LogP contribution in [-0.4, -0.2) is 96.7 Å². The third-order valence-electron chi connectivity index (χ3n) is 16.8. The highest BCUT2D eigenvalue weighted by Gasteiger charge is 2.30. The molecule has 90 heavy (non-hydrogen) atoms. The largest absolute Gasteiger partial charge is 0.472 e. The van der Waals surface area contributed by atoms with Gasteiger partial charge in [-0.1, -0.05) is 311 Å². The van der Waals surface area contributed by atoms with E-state index in [0.717, 1.165) is 95.8 Å². The normalized spacial score (nSPS) is 14.4. The van der Waals surface area contributed by atoms with Gasteiger partial charge < -0.3 is 33.8 Å². The van der Waals surface area contributed by atoms with Crippen molar-refractivity contribution >= 4 is 39.5 Å². The van der Waals surface area contributed by atoms with E-state index in [1.807, 2.05) is 0 Å². The fraction of sp³-hybridized carbons (Fsp3) is 0.944. The van der Waals surface area contributed by atoms with Gasteiger partial charge >= 0.3 is 39.5 Å². The number of aliphatic hydroxyl groups excluding tert-OH is 1. The van der Waals surface area contributed by atoms with Crippen molar-refractivity contribution in [1.82, 2.24) is 0 Å². The number of esters is 4. The molecule has 0 heterocycles. The van der Waals surface area contributed by atoms with Gasteiger partial charge in [0.05, 0.1) is 26.4 Å². The smallest absolute Gasteiger partial charge is 0.462 e. The monoisotopic (exact) mass is 1320 g/mol. The number of hydrogen-bond donors (Lipinski definition) is 3. The third kappa shape index (κ3) is 63.5. The zero-order valence-corrected chi connectivity index (χ0v) is 60.2. The Morgan fingerprint density at radius 3 is 0.844 bits per heavy atom. The molecule has 6 atom stereocenters. The molecule has 0 aromatic rings. The van der Waals surface area contributed by atoms with E-state index in [-0.39, 0.29) is 25.7 Å². The Labute approximate surface area is 549 Å². The minimum absolute atomic E-state index is 0.104. The number of hydrogen-bond acceptors (Lipinski definition) is 15. The van der Waals surface area contributed by atoms with Gasteiger partial charge in [0.25, 0.3) is 0 Å². The lowest BCUT2D eigenvalue weighted by molar-refractivity contribution is -0.161. The lowest BCUT2D eigenvalue weighted by atomic mass is 9.99. The number of aliphatic hydroxyl groups is 1. The quantitative estimate of drug-likeness (QED) is 0.0222. The molecule has 3 N–H and O–H groups in total. The Morgan fingerprint density at radius 2 is 0.567 bits per heavy atom. The summed E-state index contributed by atoms with van der Waals surface area (Å²) in [6.07, 6.45) is 48.5. The molecule has 0 rings (SSSR count). The van der Waals surface area contributed by atoms with Crippen molar-refractivity contribution in [3.8, 4) is 0 Å². The summed E-state index contributed by atoms with van der Waals surface area (Å²) < 4.78 is 68.3. The van der Waals surface area contributed by atoms with Crippen LogP contribution in [0.5, 0.6) is 0 Å². The maximum Gasteiger partial charge on any atom is 0.472 e.